The van der Waals surface area contributed by atoms with Gasteiger partial charge in [-0.15, -0.1) is 0 Å². The summed E-state index contributed by atoms with van der Waals surface area (Å²) in [5.41, 5.74) is 8.12. The molecule has 88 valence electrons. The fourth-order valence-corrected chi connectivity index (χ4v) is 1.41. The van der Waals surface area contributed by atoms with Crippen LogP contribution in [0.1, 0.15) is 21.6 Å². The number of anilines is 2. The van der Waals surface area contributed by atoms with Crippen molar-refractivity contribution in [3.63, 3.8) is 0 Å². The molecule has 3 N–H and O–H groups in total. The van der Waals surface area contributed by atoms with E-state index >= 15 is 0 Å². The monoisotopic (exact) mass is 231 g/mol. The summed E-state index contributed by atoms with van der Waals surface area (Å²) >= 11 is 0. The Morgan fingerprint density at radius 3 is 2.65 bits per heavy atom. The van der Waals surface area contributed by atoms with Crippen molar-refractivity contribution in [3.05, 3.63) is 41.1 Å². The minimum Gasteiger partial charge on any atom is -0.398 e. The zero-order valence-electron chi connectivity index (χ0n) is 9.65. The van der Waals surface area contributed by atoms with Crippen molar-refractivity contribution in [2.24, 2.45) is 0 Å². The second kappa shape index (κ2) is 4.29. The zero-order valence-corrected chi connectivity index (χ0v) is 9.65. The van der Waals surface area contributed by atoms with Crippen molar-refractivity contribution < 1.29 is 9.32 Å². The van der Waals surface area contributed by atoms with Gasteiger partial charge in [0.15, 0.2) is 0 Å². The van der Waals surface area contributed by atoms with Crippen LogP contribution in [-0.2, 0) is 0 Å². The first-order valence-corrected chi connectivity index (χ1v) is 5.18. The number of aromatic nitrogens is 1. The highest BCUT2D eigenvalue weighted by molar-refractivity contribution is 6.07. The SMILES string of the molecule is Cc1noc(NC(=O)c2ccccc2N)c1C. The van der Waals surface area contributed by atoms with Crippen LogP contribution >= 0.6 is 0 Å². The number of rotatable bonds is 2. The molecule has 1 aromatic heterocycles. The zero-order chi connectivity index (χ0) is 12.4. The number of hydrogen-bond acceptors (Lipinski definition) is 4. The molecule has 0 aliphatic carbocycles. The molecule has 0 spiro atoms. The van der Waals surface area contributed by atoms with E-state index in [2.05, 4.69) is 10.5 Å². The van der Waals surface area contributed by atoms with Crippen LogP contribution in [0, 0.1) is 13.8 Å². The lowest BCUT2D eigenvalue weighted by Crippen LogP contribution is -2.14. The molecule has 0 atom stereocenters. The number of carbonyl (C=O) groups is 1. The highest BCUT2D eigenvalue weighted by Gasteiger charge is 2.14. The number of nitrogens with zero attached hydrogens (tertiary/aromatic N) is 1. The molecule has 0 fully saturated rings. The fourth-order valence-electron chi connectivity index (χ4n) is 1.41. The van der Waals surface area contributed by atoms with Gasteiger partial charge in [0.1, 0.15) is 0 Å². The Balaban J connectivity index is 2.23. The van der Waals surface area contributed by atoms with Gasteiger partial charge in [0.05, 0.1) is 11.3 Å². The van der Waals surface area contributed by atoms with Gasteiger partial charge < -0.3 is 10.3 Å². The number of aryl methyl sites for hydroxylation is 1. The molecule has 0 bridgehead atoms. The number of para-hydroxylation sites is 1. The first-order chi connectivity index (χ1) is 8.09. The molecule has 0 saturated heterocycles. The Hall–Kier alpha value is -2.30. The summed E-state index contributed by atoms with van der Waals surface area (Å²) in [6.45, 7) is 3.64. The first kappa shape index (κ1) is 11.2. The number of amides is 1. The minimum absolute atomic E-state index is 0.303. The largest absolute Gasteiger partial charge is 0.398 e. The van der Waals surface area contributed by atoms with Gasteiger partial charge in [0, 0.05) is 11.3 Å². The third-order valence-electron chi connectivity index (χ3n) is 2.59. The molecule has 1 aromatic carbocycles. The van der Waals surface area contributed by atoms with Gasteiger partial charge in [-0.1, -0.05) is 17.3 Å². The average molecular weight is 231 g/mol. The van der Waals surface area contributed by atoms with E-state index in [4.69, 9.17) is 10.3 Å². The minimum atomic E-state index is -0.303. The first-order valence-electron chi connectivity index (χ1n) is 5.18. The summed E-state index contributed by atoms with van der Waals surface area (Å²) < 4.78 is 5.00. The summed E-state index contributed by atoms with van der Waals surface area (Å²) in [6, 6.07) is 6.86. The van der Waals surface area contributed by atoms with Gasteiger partial charge in [-0.05, 0) is 26.0 Å². The lowest BCUT2D eigenvalue weighted by atomic mass is 10.1. The van der Waals surface area contributed by atoms with Crippen LogP contribution in [0.4, 0.5) is 11.6 Å². The highest BCUT2D eigenvalue weighted by atomic mass is 16.5. The topological polar surface area (TPSA) is 81.2 Å². The average Bonchev–Trinajstić information content (AvgIpc) is 2.61. The molecule has 0 aliphatic heterocycles. The van der Waals surface area contributed by atoms with Crippen molar-refractivity contribution in [2.75, 3.05) is 11.1 Å². The van der Waals surface area contributed by atoms with Crippen molar-refractivity contribution in [1.82, 2.24) is 5.16 Å². The van der Waals surface area contributed by atoms with E-state index in [0.29, 0.717) is 17.1 Å². The maximum absolute atomic E-state index is 11.9. The number of carbonyl (C=O) groups excluding carboxylic acids is 1. The third kappa shape index (κ3) is 2.13. The standard InChI is InChI=1S/C12H13N3O2/c1-7-8(2)15-17-12(7)14-11(16)9-5-3-4-6-10(9)13/h3-6H,13H2,1-2H3,(H,14,16). The third-order valence-corrected chi connectivity index (χ3v) is 2.59. The predicted octanol–water partition coefficient (Wildman–Crippen LogP) is 2.13. The van der Waals surface area contributed by atoms with E-state index in [9.17, 15) is 4.79 Å². The smallest absolute Gasteiger partial charge is 0.260 e. The van der Waals surface area contributed by atoms with E-state index in [0.717, 1.165) is 11.3 Å². The molecule has 17 heavy (non-hydrogen) atoms. The van der Waals surface area contributed by atoms with Gasteiger partial charge in [-0.25, -0.2) is 0 Å². The Labute approximate surface area is 98.6 Å². The molecule has 1 heterocycles. The summed E-state index contributed by atoms with van der Waals surface area (Å²) in [7, 11) is 0. The van der Waals surface area contributed by atoms with Gasteiger partial charge in [0.2, 0.25) is 5.88 Å². The van der Waals surface area contributed by atoms with Crippen molar-refractivity contribution in [3.8, 4) is 0 Å². The molecule has 0 saturated carbocycles. The van der Waals surface area contributed by atoms with Crippen molar-refractivity contribution in [2.45, 2.75) is 13.8 Å². The molecule has 0 aliphatic rings. The summed E-state index contributed by atoms with van der Waals surface area (Å²) in [5, 5.41) is 6.40. The molecule has 5 heteroatoms. The normalized spacial score (nSPS) is 10.2. The van der Waals surface area contributed by atoms with Crippen LogP contribution < -0.4 is 11.1 Å². The fraction of sp³-hybridized carbons (Fsp3) is 0.167. The second-order valence-corrected chi connectivity index (χ2v) is 3.76. The van der Waals surface area contributed by atoms with Crippen LogP contribution in [0.25, 0.3) is 0 Å². The summed E-state index contributed by atoms with van der Waals surface area (Å²) in [4.78, 5) is 11.9. The second-order valence-electron chi connectivity index (χ2n) is 3.76. The molecule has 2 aromatic rings. The lowest BCUT2D eigenvalue weighted by Gasteiger charge is -2.04. The maximum Gasteiger partial charge on any atom is 0.260 e. The quantitative estimate of drug-likeness (QED) is 0.776. The van der Waals surface area contributed by atoms with E-state index < -0.39 is 0 Å². The Bertz CT molecular complexity index is 561. The van der Waals surface area contributed by atoms with E-state index in [1.54, 1.807) is 24.3 Å². The maximum atomic E-state index is 11.9. The summed E-state index contributed by atoms with van der Waals surface area (Å²) in [6.07, 6.45) is 0. The molecular formula is C12H13N3O2. The Morgan fingerprint density at radius 1 is 1.35 bits per heavy atom. The molecule has 5 nitrogen and oxygen atoms in total. The van der Waals surface area contributed by atoms with Crippen molar-refractivity contribution in [1.29, 1.82) is 0 Å². The van der Waals surface area contributed by atoms with Crippen LogP contribution in [0.2, 0.25) is 0 Å². The molecular weight excluding hydrogens is 218 g/mol. The van der Waals surface area contributed by atoms with E-state index in [1.807, 2.05) is 13.8 Å². The van der Waals surface area contributed by atoms with Crippen molar-refractivity contribution >= 4 is 17.5 Å². The molecule has 2 rings (SSSR count). The number of benzene rings is 1. The van der Waals surface area contributed by atoms with Gasteiger partial charge >= 0.3 is 0 Å². The van der Waals surface area contributed by atoms with E-state index in [-0.39, 0.29) is 5.91 Å². The number of nitrogen functional groups attached to an aromatic ring is 1. The Morgan fingerprint density at radius 2 is 2.06 bits per heavy atom. The van der Waals surface area contributed by atoms with E-state index in [1.165, 1.54) is 0 Å². The molecule has 0 radical (unpaired) electrons. The molecule has 0 unspecified atom stereocenters. The van der Waals surface area contributed by atoms with Crippen LogP contribution in [0.15, 0.2) is 28.8 Å². The number of nitrogens with two attached hydrogens (primary N) is 1. The van der Waals surface area contributed by atoms with Crippen LogP contribution in [0.5, 0.6) is 0 Å². The molecule has 1 amide bonds. The van der Waals surface area contributed by atoms with Gasteiger partial charge in [-0.3, -0.25) is 10.1 Å². The highest BCUT2D eigenvalue weighted by Crippen LogP contribution is 2.19. The van der Waals surface area contributed by atoms with Crippen LogP contribution in [0.3, 0.4) is 0 Å². The Kier molecular flexibility index (Phi) is 2.82. The predicted molar refractivity (Wildman–Crippen MR) is 64.8 cm³/mol. The summed E-state index contributed by atoms with van der Waals surface area (Å²) in [5.74, 6) is 0.0538. The van der Waals surface area contributed by atoms with Gasteiger partial charge in [0.25, 0.3) is 5.91 Å². The lowest BCUT2D eigenvalue weighted by molar-refractivity contribution is 0.102. The number of nitrogens with one attached hydrogen (secondary N) is 1. The van der Waals surface area contributed by atoms with Crippen LogP contribution in [-0.4, -0.2) is 11.1 Å². The van der Waals surface area contributed by atoms with Gasteiger partial charge in [-0.2, -0.15) is 0 Å². The number of hydrogen-bond donors (Lipinski definition) is 2.